The minimum Gasteiger partial charge on any atom is -0.247 e. The smallest absolute Gasteiger partial charge is 0.0201 e. The summed E-state index contributed by atoms with van der Waals surface area (Å²) in [7, 11) is 0. The second-order valence-electron chi connectivity index (χ2n) is 3.01. The molecule has 2 aliphatic rings. The number of rotatable bonds is 0. The zero-order valence-corrected chi connectivity index (χ0v) is 7.13. The zero-order valence-electron chi connectivity index (χ0n) is 4.97. The number of halogens is 1. The fourth-order valence-corrected chi connectivity index (χ4v) is 2.68. The van der Waals surface area contributed by atoms with Crippen molar-refractivity contribution in [1.82, 2.24) is 3.11 Å². The first-order valence-corrected chi connectivity index (χ1v) is 4.16. The first-order valence-electron chi connectivity index (χ1n) is 3.20. The predicted octanol–water partition coefficient (Wildman–Crippen LogP) is 1.53. The molecular formula is C6H10IN. The number of hydrogen-bond donors (Lipinski definition) is 0. The Morgan fingerprint density at radius 3 is 2.25 bits per heavy atom. The molecule has 0 radical (unpaired) electrons. The van der Waals surface area contributed by atoms with Crippen molar-refractivity contribution in [2.45, 2.75) is 6.92 Å². The average molecular weight is 223 g/mol. The number of hydrogen-bond acceptors (Lipinski definition) is 1. The summed E-state index contributed by atoms with van der Waals surface area (Å²) in [4.78, 5) is 0. The molecule has 1 heterocycles. The van der Waals surface area contributed by atoms with Crippen LogP contribution >= 0.6 is 22.9 Å². The van der Waals surface area contributed by atoms with Gasteiger partial charge in [-0.1, -0.05) is 6.92 Å². The van der Waals surface area contributed by atoms with E-state index in [0.29, 0.717) is 0 Å². The standard InChI is InChI=1S/C6H10IN/c1-4-5-2-8(7)3-6(4)5/h4-6H,2-3H2,1H3. The topological polar surface area (TPSA) is 3.24 Å². The molecule has 1 nitrogen and oxygen atoms in total. The normalized spacial score (nSPS) is 54.0. The lowest BCUT2D eigenvalue weighted by Crippen LogP contribution is -2.10. The van der Waals surface area contributed by atoms with E-state index in [0.717, 1.165) is 17.8 Å². The van der Waals surface area contributed by atoms with Gasteiger partial charge < -0.3 is 0 Å². The van der Waals surface area contributed by atoms with Crippen molar-refractivity contribution in [3.63, 3.8) is 0 Å². The maximum Gasteiger partial charge on any atom is 0.0201 e. The van der Waals surface area contributed by atoms with E-state index in [9.17, 15) is 0 Å². The van der Waals surface area contributed by atoms with E-state index in [2.05, 4.69) is 32.9 Å². The van der Waals surface area contributed by atoms with Crippen molar-refractivity contribution >= 4 is 22.9 Å². The molecule has 2 fully saturated rings. The summed E-state index contributed by atoms with van der Waals surface area (Å²) in [6.07, 6.45) is 0. The lowest BCUT2D eigenvalue weighted by molar-refractivity contribution is 0.508. The SMILES string of the molecule is CC1C2CN(I)CC12. The molecule has 2 rings (SSSR count). The first-order chi connectivity index (χ1) is 3.79. The Morgan fingerprint density at radius 2 is 1.88 bits per heavy atom. The quantitative estimate of drug-likeness (QED) is 0.444. The van der Waals surface area contributed by atoms with Gasteiger partial charge in [0.1, 0.15) is 0 Å². The summed E-state index contributed by atoms with van der Waals surface area (Å²) in [6, 6.07) is 0. The fraction of sp³-hybridized carbons (Fsp3) is 1.00. The molecule has 0 aromatic carbocycles. The third kappa shape index (κ3) is 0.620. The Hall–Kier alpha value is 0.690. The Morgan fingerprint density at radius 1 is 1.38 bits per heavy atom. The van der Waals surface area contributed by atoms with Gasteiger partial charge in [-0.3, -0.25) is 0 Å². The van der Waals surface area contributed by atoms with Crippen molar-refractivity contribution in [3.05, 3.63) is 0 Å². The fourth-order valence-electron chi connectivity index (χ4n) is 1.77. The van der Waals surface area contributed by atoms with Gasteiger partial charge in [-0.05, 0) is 17.8 Å². The molecule has 2 unspecified atom stereocenters. The molecule has 2 heteroatoms. The van der Waals surface area contributed by atoms with Crippen LogP contribution in [0.5, 0.6) is 0 Å². The van der Waals surface area contributed by atoms with Gasteiger partial charge in [0.2, 0.25) is 0 Å². The Labute approximate surface area is 63.9 Å². The van der Waals surface area contributed by atoms with Crippen molar-refractivity contribution in [3.8, 4) is 0 Å². The third-order valence-electron chi connectivity index (χ3n) is 2.58. The summed E-state index contributed by atoms with van der Waals surface area (Å²) < 4.78 is 2.41. The van der Waals surface area contributed by atoms with Crippen LogP contribution in [0.25, 0.3) is 0 Å². The van der Waals surface area contributed by atoms with Gasteiger partial charge >= 0.3 is 0 Å². The van der Waals surface area contributed by atoms with Crippen LogP contribution in [0, 0.1) is 17.8 Å². The van der Waals surface area contributed by atoms with E-state index in [-0.39, 0.29) is 0 Å². The van der Waals surface area contributed by atoms with E-state index in [1.54, 1.807) is 0 Å². The van der Waals surface area contributed by atoms with Crippen molar-refractivity contribution in [2.75, 3.05) is 13.1 Å². The maximum atomic E-state index is 2.42. The average Bonchev–Trinajstić information content (AvgIpc) is 2.29. The summed E-state index contributed by atoms with van der Waals surface area (Å²) in [6.45, 7) is 5.08. The Bertz CT molecular complexity index is 103. The van der Waals surface area contributed by atoms with Gasteiger partial charge in [-0.25, -0.2) is 3.11 Å². The first kappa shape index (κ1) is 5.47. The van der Waals surface area contributed by atoms with Gasteiger partial charge in [0, 0.05) is 36.0 Å². The van der Waals surface area contributed by atoms with Gasteiger partial charge in [0.15, 0.2) is 0 Å². The van der Waals surface area contributed by atoms with Crippen molar-refractivity contribution in [1.29, 1.82) is 0 Å². The second-order valence-corrected chi connectivity index (χ2v) is 4.38. The van der Waals surface area contributed by atoms with Crippen molar-refractivity contribution in [2.24, 2.45) is 17.8 Å². The highest BCUT2D eigenvalue weighted by Crippen LogP contribution is 2.51. The summed E-state index contributed by atoms with van der Waals surface area (Å²) >= 11 is 2.42. The maximum absolute atomic E-state index is 2.42. The number of piperidine rings is 1. The van der Waals surface area contributed by atoms with Crippen molar-refractivity contribution < 1.29 is 0 Å². The highest BCUT2D eigenvalue weighted by molar-refractivity contribution is 14.1. The second kappa shape index (κ2) is 1.59. The minimum absolute atomic E-state index is 1.06. The summed E-state index contributed by atoms with van der Waals surface area (Å²) in [5.74, 6) is 3.21. The zero-order chi connectivity index (χ0) is 5.72. The molecule has 0 bridgehead atoms. The molecule has 1 saturated heterocycles. The third-order valence-corrected chi connectivity index (χ3v) is 3.37. The molecule has 2 atom stereocenters. The molecule has 1 saturated carbocycles. The summed E-state index contributed by atoms with van der Waals surface area (Å²) in [5.41, 5.74) is 0. The molecular weight excluding hydrogens is 213 g/mol. The molecule has 0 amide bonds. The summed E-state index contributed by atoms with van der Waals surface area (Å²) in [5, 5.41) is 0. The van der Waals surface area contributed by atoms with Crippen LogP contribution in [0.2, 0.25) is 0 Å². The lowest BCUT2D eigenvalue weighted by Gasteiger charge is -2.06. The van der Waals surface area contributed by atoms with E-state index in [1.807, 2.05) is 0 Å². The van der Waals surface area contributed by atoms with E-state index in [1.165, 1.54) is 13.1 Å². The number of fused-ring (bicyclic) bond motifs is 1. The van der Waals surface area contributed by atoms with E-state index >= 15 is 0 Å². The number of nitrogens with zero attached hydrogens (tertiary/aromatic N) is 1. The van der Waals surface area contributed by atoms with E-state index < -0.39 is 0 Å². The van der Waals surface area contributed by atoms with E-state index in [4.69, 9.17) is 0 Å². The molecule has 1 aliphatic carbocycles. The van der Waals surface area contributed by atoms with Gasteiger partial charge in [0.25, 0.3) is 0 Å². The van der Waals surface area contributed by atoms with Crippen LogP contribution < -0.4 is 0 Å². The van der Waals surface area contributed by atoms with Crippen LogP contribution in [0.3, 0.4) is 0 Å². The van der Waals surface area contributed by atoms with Crippen LogP contribution in [0.4, 0.5) is 0 Å². The minimum atomic E-state index is 1.06. The van der Waals surface area contributed by atoms with Gasteiger partial charge in [0.05, 0.1) is 0 Å². The van der Waals surface area contributed by atoms with Crippen LogP contribution in [0.15, 0.2) is 0 Å². The molecule has 8 heavy (non-hydrogen) atoms. The Kier molecular flexibility index (Phi) is 1.09. The Balaban J connectivity index is 2.00. The lowest BCUT2D eigenvalue weighted by atomic mass is 10.3. The molecule has 0 aromatic heterocycles. The molecule has 0 spiro atoms. The molecule has 0 aromatic rings. The van der Waals surface area contributed by atoms with Crippen LogP contribution in [0.1, 0.15) is 6.92 Å². The van der Waals surface area contributed by atoms with Gasteiger partial charge in [-0.15, -0.1) is 0 Å². The monoisotopic (exact) mass is 223 g/mol. The molecule has 1 aliphatic heterocycles. The van der Waals surface area contributed by atoms with Crippen LogP contribution in [-0.2, 0) is 0 Å². The molecule has 0 N–H and O–H groups in total. The van der Waals surface area contributed by atoms with Crippen LogP contribution in [-0.4, -0.2) is 16.2 Å². The highest BCUT2D eigenvalue weighted by atomic mass is 127. The van der Waals surface area contributed by atoms with Gasteiger partial charge in [-0.2, -0.15) is 0 Å². The predicted molar refractivity (Wildman–Crippen MR) is 41.7 cm³/mol. The highest BCUT2D eigenvalue weighted by Gasteiger charge is 2.51. The molecule has 46 valence electrons. The largest absolute Gasteiger partial charge is 0.247 e.